The molecule has 1 nitrogen and oxygen atoms in total. The molecule has 3 aromatic rings. The average Bonchev–Trinajstić information content (AvgIpc) is 2.53. The van der Waals surface area contributed by atoms with E-state index in [0.29, 0.717) is 5.69 Å². The normalized spacial score (nSPS) is 10.6. The van der Waals surface area contributed by atoms with E-state index in [2.05, 4.69) is 4.98 Å². The lowest BCUT2D eigenvalue weighted by atomic mass is 10.1. The van der Waals surface area contributed by atoms with Gasteiger partial charge in [-0.2, -0.15) is 0 Å². The molecule has 1 heterocycles. The molecule has 0 amide bonds. The fourth-order valence-electron chi connectivity index (χ4n) is 2.07. The van der Waals surface area contributed by atoms with Crippen LogP contribution in [0.4, 0.5) is 13.2 Å². The summed E-state index contributed by atoms with van der Waals surface area (Å²) >= 11 is 0. The number of nitrogens with zero attached hydrogens (tertiary/aromatic N) is 1. The second-order valence-electron chi connectivity index (χ2n) is 4.55. The molecule has 0 N–H and O–H groups in total. The van der Waals surface area contributed by atoms with Crippen LogP contribution in [-0.2, 0) is 0 Å². The van der Waals surface area contributed by atoms with Gasteiger partial charge in [-0.25, -0.2) is 13.2 Å². The molecule has 0 aliphatic heterocycles. The van der Waals surface area contributed by atoms with Crippen LogP contribution >= 0.6 is 0 Å². The van der Waals surface area contributed by atoms with Crippen molar-refractivity contribution in [3.8, 4) is 22.4 Å². The second-order valence-corrected chi connectivity index (χ2v) is 4.55. The van der Waals surface area contributed by atoms with E-state index in [1.807, 2.05) is 30.3 Å². The first-order valence-corrected chi connectivity index (χ1v) is 6.31. The van der Waals surface area contributed by atoms with E-state index >= 15 is 0 Å². The van der Waals surface area contributed by atoms with Crippen LogP contribution in [0.3, 0.4) is 0 Å². The van der Waals surface area contributed by atoms with Crippen molar-refractivity contribution in [2.45, 2.75) is 0 Å². The predicted molar refractivity (Wildman–Crippen MR) is 75.0 cm³/mol. The van der Waals surface area contributed by atoms with Gasteiger partial charge >= 0.3 is 0 Å². The standard InChI is InChI=1S/C17H10F3N/c18-14-8-13(9-15(19)17(14)20)16-7-6-12(10-21-16)11-4-2-1-3-5-11/h1-10H. The van der Waals surface area contributed by atoms with Crippen LogP contribution in [0.15, 0.2) is 60.8 Å². The topological polar surface area (TPSA) is 12.9 Å². The Kier molecular flexibility index (Phi) is 3.44. The Hall–Kier alpha value is -2.62. The minimum absolute atomic E-state index is 0.200. The Balaban J connectivity index is 1.98. The van der Waals surface area contributed by atoms with Crippen LogP contribution in [-0.4, -0.2) is 4.98 Å². The molecule has 0 aliphatic rings. The third-order valence-corrected chi connectivity index (χ3v) is 3.15. The Morgan fingerprint density at radius 1 is 0.667 bits per heavy atom. The average molecular weight is 285 g/mol. The monoisotopic (exact) mass is 285 g/mol. The molecular formula is C17H10F3N. The van der Waals surface area contributed by atoms with E-state index in [4.69, 9.17) is 0 Å². The van der Waals surface area contributed by atoms with Gasteiger partial charge in [-0.1, -0.05) is 36.4 Å². The Bertz CT molecular complexity index is 745. The van der Waals surface area contributed by atoms with Crippen molar-refractivity contribution in [3.63, 3.8) is 0 Å². The summed E-state index contributed by atoms with van der Waals surface area (Å²) in [7, 11) is 0. The molecule has 3 rings (SSSR count). The zero-order valence-corrected chi connectivity index (χ0v) is 10.9. The first-order valence-electron chi connectivity index (χ1n) is 6.31. The highest BCUT2D eigenvalue weighted by molar-refractivity contribution is 5.66. The number of benzene rings is 2. The van der Waals surface area contributed by atoms with Gasteiger partial charge in [0.15, 0.2) is 17.5 Å². The molecule has 0 saturated carbocycles. The Morgan fingerprint density at radius 2 is 1.33 bits per heavy atom. The fourth-order valence-corrected chi connectivity index (χ4v) is 2.07. The second kappa shape index (κ2) is 5.40. The largest absolute Gasteiger partial charge is 0.256 e. The van der Waals surface area contributed by atoms with Gasteiger partial charge in [0.1, 0.15) is 0 Å². The van der Waals surface area contributed by atoms with Crippen LogP contribution < -0.4 is 0 Å². The minimum atomic E-state index is -1.47. The molecular weight excluding hydrogens is 275 g/mol. The highest BCUT2D eigenvalue weighted by Crippen LogP contribution is 2.24. The SMILES string of the molecule is Fc1cc(-c2ccc(-c3ccccc3)cn2)cc(F)c1F. The molecule has 0 aliphatic carbocycles. The van der Waals surface area contributed by atoms with Crippen LogP contribution in [0.2, 0.25) is 0 Å². The van der Waals surface area contributed by atoms with E-state index in [1.165, 1.54) is 0 Å². The first-order chi connectivity index (χ1) is 10.1. The van der Waals surface area contributed by atoms with Crippen molar-refractivity contribution < 1.29 is 13.2 Å². The lowest BCUT2D eigenvalue weighted by Crippen LogP contribution is -1.93. The molecule has 2 aromatic carbocycles. The van der Waals surface area contributed by atoms with E-state index in [-0.39, 0.29) is 5.56 Å². The van der Waals surface area contributed by atoms with Gasteiger partial charge < -0.3 is 0 Å². The maximum atomic E-state index is 13.2. The number of pyridine rings is 1. The Morgan fingerprint density at radius 3 is 1.90 bits per heavy atom. The molecule has 0 atom stereocenters. The fraction of sp³-hybridized carbons (Fsp3) is 0. The smallest absolute Gasteiger partial charge is 0.194 e. The number of aromatic nitrogens is 1. The van der Waals surface area contributed by atoms with Crippen molar-refractivity contribution in [1.29, 1.82) is 0 Å². The lowest BCUT2D eigenvalue weighted by Gasteiger charge is -2.05. The zero-order chi connectivity index (χ0) is 14.8. The van der Waals surface area contributed by atoms with E-state index in [0.717, 1.165) is 23.3 Å². The van der Waals surface area contributed by atoms with Crippen LogP contribution in [0.25, 0.3) is 22.4 Å². The van der Waals surface area contributed by atoms with Gasteiger partial charge in [-0.15, -0.1) is 0 Å². The molecule has 0 fully saturated rings. The van der Waals surface area contributed by atoms with Crippen LogP contribution in [0.1, 0.15) is 0 Å². The first kappa shape index (κ1) is 13.4. The third-order valence-electron chi connectivity index (χ3n) is 3.15. The third kappa shape index (κ3) is 2.65. The van der Waals surface area contributed by atoms with Crippen molar-refractivity contribution in [3.05, 3.63) is 78.2 Å². The van der Waals surface area contributed by atoms with E-state index in [9.17, 15) is 13.2 Å². The molecule has 104 valence electrons. The lowest BCUT2D eigenvalue weighted by molar-refractivity contribution is 0.447. The summed E-state index contributed by atoms with van der Waals surface area (Å²) in [6, 6.07) is 14.9. The molecule has 0 radical (unpaired) electrons. The highest BCUT2D eigenvalue weighted by Gasteiger charge is 2.12. The maximum absolute atomic E-state index is 13.2. The van der Waals surface area contributed by atoms with Gasteiger partial charge in [0.05, 0.1) is 5.69 Å². The molecule has 0 unspecified atom stereocenters. The van der Waals surface area contributed by atoms with E-state index in [1.54, 1.807) is 18.3 Å². The molecule has 0 saturated heterocycles. The number of halogens is 3. The summed E-state index contributed by atoms with van der Waals surface area (Å²) in [6.45, 7) is 0. The Labute approximate surface area is 119 Å². The van der Waals surface area contributed by atoms with Crippen molar-refractivity contribution in [2.75, 3.05) is 0 Å². The summed E-state index contributed by atoms with van der Waals surface area (Å²) in [5, 5.41) is 0. The summed E-state index contributed by atoms with van der Waals surface area (Å²) < 4.78 is 39.4. The summed E-state index contributed by atoms with van der Waals surface area (Å²) in [5.74, 6) is -3.92. The molecule has 1 aromatic heterocycles. The van der Waals surface area contributed by atoms with E-state index < -0.39 is 17.5 Å². The quantitative estimate of drug-likeness (QED) is 0.614. The van der Waals surface area contributed by atoms with Crippen molar-refractivity contribution in [1.82, 2.24) is 4.98 Å². The summed E-state index contributed by atoms with van der Waals surface area (Å²) in [5.41, 5.74) is 2.47. The maximum Gasteiger partial charge on any atom is 0.194 e. The van der Waals surface area contributed by atoms with Gasteiger partial charge in [0.2, 0.25) is 0 Å². The van der Waals surface area contributed by atoms with Gasteiger partial charge in [-0.3, -0.25) is 4.98 Å². The minimum Gasteiger partial charge on any atom is -0.256 e. The number of rotatable bonds is 2. The van der Waals surface area contributed by atoms with Crippen LogP contribution in [0, 0.1) is 17.5 Å². The molecule has 21 heavy (non-hydrogen) atoms. The van der Waals surface area contributed by atoms with Gasteiger partial charge in [0, 0.05) is 17.3 Å². The molecule has 0 spiro atoms. The van der Waals surface area contributed by atoms with Crippen molar-refractivity contribution >= 4 is 0 Å². The molecule has 0 bridgehead atoms. The zero-order valence-electron chi connectivity index (χ0n) is 10.9. The number of hydrogen-bond donors (Lipinski definition) is 0. The number of hydrogen-bond acceptors (Lipinski definition) is 1. The summed E-state index contributed by atoms with van der Waals surface area (Å²) in [4.78, 5) is 4.18. The van der Waals surface area contributed by atoms with Gasteiger partial charge in [0.25, 0.3) is 0 Å². The summed E-state index contributed by atoms with van der Waals surface area (Å²) in [6.07, 6.45) is 1.61. The predicted octanol–water partition coefficient (Wildman–Crippen LogP) is 4.83. The molecule has 4 heteroatoms. The van der Waals surface area contributed by atoms with Gasteiger partial charge in [-0.05, 0) is 23.8 Å². The van der Waals surface area contributed by atoms with Crippen molar-refractivity contribution in [2.24, 2.45) is 0 Å². The highest BCUT2D eigenvalue weighted by atomic mass is 19.2. The van der Waals surface area contributed by atoms with Crippen LogP contribution in [0.5, 0.6) is 0 Å².